The highest BCUT2D eigenvalue weighted by Crippen LogP contribution is 2.37. The number of hydrazine groups is 1. The third-order valence-electron chi connectivity index (χ3n) is 3.66. The maximum atomic E-state index is 5.82. The third kappa shape index (κ3) is 1.64. The molecular formula is C10H20N2. The normalized spacial score (nSPS) is 44.0. The van der Waals surface area contributed by atoms with Crippen LogP contribution in [0.1, 0.15) is 32.6 Å². The van der Waals surface area contributed by atoms with Gasteiger partial charge in [-0.1, -0.05) is 13.3 Å². The van der Waals surface area contributed by atoms with Crippen LogP contribution in [-0.4, -0.2) is 18.1 Å². The molecule has 2 aliphatic rings. The molecule has 12 heavy (non-hydrogen) atoms. The quantitative estimate of drug-likeness (QED) is 0.557. The Labute approximate surface area is 75.1 Å². The Kier molecular flexibility index (Phi) is 2.37. The number of nitrogens with zero attached hydrogens (tertiary/aromatic N) is 1. The average molecular weight is 168 g/mol. The summed E-state index contributed by atoms with van der Waals surface area (Å²) in [6.07, 6.45) is 5.66. The van der Waals surface area contributed by atoms with Crippen LogP contribution >= 0.6 is 0 Å². The highest BCUT2D eigenvalue weighted by molar-refractivity contribution is 4.83. The van der Waals surface area contributed by atoms with E-state index in [1.807, 2.05) is 5.01 Å². The fourth-order valence-corrected chi connectivity index (χ4v) is 2.89. The van der Waals surface area contributed by atoms with Gasteiger partial charge >= 0.3 is 0 Å². The van der Waals surface area contributed by atoms with E-state index in [1.54, 1.807) is 0 Å². The highest BCUT2D eigenvalue weighted by Gasteiger charge is 2.32. The summed E-state index contributed by atoms with van der Waals surface area (Å²) in [7, 11) is 0. The molecule has 3 atom stereocenters. The van der Waals surface area contributed by atoms with Gasteiger partial charge in [-0.3, -0.25) is 5.84 Å². The lowest BCUT2D eigenvalue weighted by Crippen LogP contribution is -2.46. The molecule has 1 saturated heterocycles. The lowest BCUT2D eigenvalue weighted by molar-refractivity contribution is 0.0690. The molecule has 0 aromatic rings. The fraction of sp³-hybridized carbons (Fsp3) is 1.00. The number of hydrogen-bond acceptors (Lipinski definition) is 2. The van der Waals surface area contributed by atoms with Crippen LogP contribution in [0, 0.1) is 17.8 Å². The van der Waals surface area contributed by atoms with E-state index >= 15 is 0 Å². The highest BCUT2D eigenvalue weighted by atomic mass is 15.4. The summed E-state index contributed by atoms with van der Waals surface area (Å²) in [5, 5.41) is 2.01. The third-order valence-corrected chi connectivity index (χ3v) is 3.66. The first-order valence-corrected chi connectivity index (χ1v) is 5.25. The Morgan fingerprint density at radius 2 is 2.00 bits per heavy atom. The summed E-state index contributed by atoms with van der Waals surface area (Å²) in [6.45, 7) is 4.65. The summed E-state index contributed by atoms with van der Waals surface area (Å²) in [5.74, 6) is 8.67. The van der Waals surface area contributed by atoms with Crippen LogP contribution in [0.25, 0.3) is 0 Å². The molecule has 0 bridgehead atoms. The molecule has 3 unspecified atom stereocenters. The number of rotatable bonds is 0. The minimum Gasteiger partial charge on any atom is -0.269 e. The topological polar surface area (TPSA) is 29.3 Å². The number of nitrogens with two attached hydrogens (primary N) is 1. The van der Waals surface area contributed by atoms with E-state index in [0.717, 1.165) is 30.8 Å². The van der Waals surface area contributed by atoms with Crippen LogP contribution in [0.2, 0.25) is 0 Å². The Morgan fingerprint density at radius 1 is 1.17 bits per heavy atom. The van der Waals surface area contributed by atoms with Gasteiger partial charge in [0.25, 0.3) is 0 Å². The minimum absolute atomic E-state index is 0.910. The summed E-state index contributed by atoms with van der Waals surface area (Å²) >= 11 is 0. The van der Waals surface area contributed by atoms with Gasteiger partial charge in [0.1, 0.15) is 0 Å². The van der Waals surface area contributed by atoms with Gasteiger partial charge in [0.2, 0.25) is 0 Å². The summed E-state index contributed by atoms with van der Waals surface area (Å²) in [4.78, 5) is 0. The Morgan fingerprint density at radius 3 is 2.83 bits per heavy atom. The summed E-state index contributed by atoms with van der Waals surface area (Å²) < 4.78 is 0. The smallest absolute Gasteiger partial charge is 0.0159 e. The van der Waals surface area contributed by atoms with Crippen LogP contribution in [0.3, 0.4) is 0 Å². The second kappa shape index (κ2) is 3.35. The molecule has 1 saturated carbocycles. The van der Waals surface area contributed by atoms with Crippen molar-refractivity contribution in [2.24, 2.45) is 23.6 Å². The van der Waals surface area contributed by atoms with Crippen molar-refractivity contribution in [1.82, 2.24) is 5.01 Å². The first-order chi connectivity index (χ1) is 5.75. The molecule has 2 N–H and O–H groups in total. The molecule has 2 rings (SSSR count). The molecule has 0 amide bonds. The minimum atomic E-state index is 0.910. The molecule has 1 heterocycles. The molecule has 0 radical (unpaired) electrons. The van der Waals surface area contributed by atoms with Crippen molar-refractivity contribution in [3.05, 3.63) is 0 Å². The fourth-order valence-electron chi connectivity index (χ4n) is 2.89. The number of fused-ring (bicyclic) bond motifs is 1. The first kappa shape index (κ1) is 8.52. The second-order valence-electron chi connectivity index (χ2n) is 4.72. The van der Waals surface area contributed by atoms with Gasteiger partial charge in [0.15, 0.2) is 0 Å². The Bertz CT molecular complexity index is 142. The molecular weight excluding hydrogens is 148 g/mol. The maximum Gasteiger partial charge on any atom is 0.0159 e. The summed E-state index contributed by atoms with van der Waals surface area (Å²) in [6, 6.07) is 0. The first-order valence-electron chi connectivity index (χ1n) is 5.25. The van der Waals surface area contributed by atoms with E-state index in [4.69, 9.17) is 5.84 Å². The van der Waals surface area contributed by atoms with Gasteiger partial charge in [0, 0.05) is 13.1 Å². The number of piperidine rings is 1. The van der Waals surface area contributed by atoms with E-state index in [0.29, 0.717) is 0 Å². The van der Waals surface area contributed by atoms with Crippen LogP contribution in [0.4, 0.5) is 0 Å². The van der Waals surface area contributed by atoms with Crippen LogP contribution in [-0.2, 0) is 0 Å². The molecule has 0 aromatic carbocycles. The lowest BCUT2D eigenvalue weighted by Gasteiger charge is -2.41. The van der Waals surface area contributed by atoms with E-state index in [2.05, 4.69) is 6.92 Å². The van der Waals surface area contributed by atoms with Gasteiger partial charge in [-0.25, -0.2) is 5.01 Å². The largest absolute Gasteiger partial charge is 0.269 e. The van der Waals surface area contributed by atoms with E-state index < -0.39 is 0 Å². The van der Waals surface area contributed by atoms with Crippen molar-refractivity contribution in [3.63, 3.8) is 0 Å². The van der Waals surface area contributed by atoms with Gasteiger partial charge < -0.3 is 0 Å². The summed E-state index contributed by atoms with van der Waals surface area (Å²) in [5.41, 5.74) is 0. The zero-order valence-electron chi connectivity index (χ0n) is 8.00. The van der Waals surface area contributed by atoms with Crippen molar-refractivity contribution in [1.29, 1.82) is 0 Å². The molecule has 1 aliphatic heterocycles. The van der Waals surface area contributed by atoms with Crippen LogP contribution < -0.4 is 5.84 Å². The SMILES string of the molecule is CC1CCC2CCN(N)CC2C1. The van der Waals surface area contributed by atoms with Gasteiger partial charge in [0.05, 0.1) is 0 Å². The zero-order chi connectivity index (χ0) is 8.55. The average Bonchev–Trinajstić information content (AvgIpc) is 2.03. The van der Waals surface area contributed by atoms with E-state index in [-0.39, 0.29) is 0 Å². The predicted octanol–water partition coefficient (Wildman–Crippen LogP) is 1.62. The lowest BCUT2D eigenvalue weighted by atomic mass is 9.72. The van der Waals surface area contributed by atoms with Gasteiger partial charge in [-0.05, 0) is 37.0 Å². The van der Waals surface area contributed by atoms with E-state index in [9.17, 15) is 0 Å². The van der Waals surface area contributed by atoms with E-state index in [1.165, 1.54) is 25.7 Å². The molecule has 1 aliphatic carbocycles. The van der Waals surface area contributed by atoms with Crippen LogP contribution in [0.5, 0.6) is 0 Å². The molecule has 2 nitrogen and oxygen atoms in total. The molecule has 2 fully saturated rings. The Balaban J connectivity index is 1.94. The number of hydrogen-bond donors (Lipinski definition) is 1. The molecule has 70 valence electrons. The molecule has 2 heteroatoms. The predicted molar refractivity (Wildman–Crippen MR) is 50.4 cm³/mol. The molecule has 0 aromatic heterocycles. The van der Waals surface area contributed by atoms with Crippen molar-refractivity contribution in [2.45, 2.75) is 32.6 Å². The van der Waals surface area contributed by atoms with Crippen LogP contribution in [0.15, 0.2) is 0 Å². The van der Waals surface area contributed by atoms with Crippen molar-refractivity contribution >= 4 is 0 Å². The van der Waals surface area contributed by atoms with Gasteiger partial charge in [-0.15, -0.1) is 0 Å². The maximum absolute atomic E-state index is 5.82. The zero-order valence-corrected chi connectivity index (χ0v) is 8.00. The van der Waals surface area contributed by atoms with Crippen molar-refractivity contribution < 1.29 is 0 Å². The standard InChI is InChI=1S/C10H20N2/c1-8-2-3-9-4-5-12(11)7-10(9)6-8/h8-10H,2-7,11H2,1H3. The van der Waals surface area contributed by atoms with Gasteiger partial charge in [-0.2, -0.15) is 0 Å². The monoisotopic (exact) mass is 168 g/mol. The Hall–Kier alpha value is -0.0800. The second-order valence-corrected chi connectivity index (χ2v) is 4.72. The van der Waals surface area contributed by atoms with Crippen molar-refractivity contribution in [2.75, 3.05) is 13.1 Å². The van der Waals surface area contributed by atoms with Crippen molar-refractivity contribution in [3.8, 4) is 0 Å². The molecule has 0 spiro atoms.